The highest BCUT2D eigenvalue weighted by molar-refractivity contribution is 6.35. The number of carbonyl (C=O) groups excluding carboxylic acids is 1. The molecule has 5 nitrogen and oxygen atoms in total. The average Bonchev–Trinajstić information content (AvgIpc) is 2.93. The first-order valence-electron chi connectivity index (χ1n) is 7.46. The normalized spacial score (nSPS) is 11.6. The van der Waals surface area contributed by atoms with Crippen LogP contribution >= 0.6 is 23.2 Å². The number of ether oxygens (including phenoxy) is 2. The van der Waals surface area contributed by atoms with Gasteiger partial charge in [0.25, 0.3) is 0 Å². The summed E-state index contributed by atoms with van der Waals surface area (Å²) < 4.78 is 47.5. The molecule has 3 rings (SSSR count). The molecule has 3 aromatic rings. The zero-order valence-electron chi connectivity index (χ0n) is 13.7. The topological polar surface area (TPSA) is 53.3 Å². The van der Waals surface area contributed by atoms with Crippen LogP contribution in [0, 0.1) is 0 Å². The quantitative estimate of drug-likeness (QED) is 0.554. The molecule has 0 aliphatic rings. The number of halogens is 5. The van der Waals surface area contributed by atoms with Crippen molar-refractivity contribution in [3.63, 3.8) is 0 Å². The molecule has 0 radical (unpaired) electrons. The fraction of sp³-hybridized carbons (Fsp3) is 0.176. The van der Waals surface area contributed by atoms with Crippen LogP contribution in [-0.4, -0.2) is 29.2 Å². The van der Waals surface area contributed by atoms with Crippen molar-refractivity contribution in [3.05, 3.63) is 57.7 Å². The maximum absolute atomic E-state index is 12.5. The monoisotopic (exact) mass is 418 g/mol. The highest BCUT2D eigenvalue weighted by atomic mass is 35.5. The third kappa shape index (κ3) is 4.28. The van der Waals surface area contributed by atoms with E-state index in [0.29, 0.717) is 21.0 Å². The molecule has 27 heavy (non-hydrogen) atoms. The van der Waals surface area contributed by atoms with Crippen LogP contribution in [0.15, 0.2) is 36.4 Å². The predicted molar refractivity (Wildman–Crippen MR) is 93.3 cm³/mol. The summed E-state index contributed by atoms with van der Waals surface area (Å²) in [5.74, 6) is -1.15. The van der Waals surface area contributed by atoms with Crippen LogP contribution in [0.2, 0.25) is 10.0 Å². The number of nitrogens with zero attached hydrogens (tertiary/aromatic N) is 2. The Labute approximate surface area is 161 Å². The standard InChI is InChI=1S/C17H11Cl2F3N2O3/c1-26-16(25)15-12-5-4-11(27-17(20,21)22)7-14(12)24(23-15)8-9-2-3-10(18)6-13(9)19/h2-7H,8H2,1H3. The highest BCUT2D eigenvalue weighted by Crippen LogP contribution is 2.30. The van der Waals surface area contributed by atoms with Crippen molar-refractivity contribution in [2.45, 2.75) is 12.9 Å². The number of benzene rings is 2. The van der Waals surface area contributed by atoms with Crippen LogP contribution in [0.3, 0.4) is 0 Å². The number of alkyl halides is 3. The number of carbonyl (C=O) groups is 1. The summed E-state index contributed by atoms with van der Waals surface area (Å²) in [7, 11) is 1.18. The number of hydrogen-bond acceptors (Lipinski definition) is 4. The maximum Gasteiger partial charge on any atom is 0.573 e. The average molecular weight is 419 g/mol. The number of rotatable bonds is 4. The molecular formula is C17H11Cl2F3N2O3. The molecular weight excluding hydrogens is 408 g/mol. The van der Waals surface area contributed by atoms with Gasteiger partial charge in [0.05, 0.1) is 19.2 Å². The molecule has 10 heteroatoms. The first-order valence-corrected chi connectivity index (χ1v) is 8.22. The van der Waals surface area contributed by atoms with Gasteiger partial charge in [0.2, 0.25) is 0 Å². The Balaban J connectivity index is 2.11. The largest absolute Gasteiger partial charge is 0.573 e. The van der Waals surface area contributed by atoms with E-state index < -0.39 is 18.1 Å². The van der Waals surface area contributed by atoms with Crippen LogP contribution in [-0.2, 0) is 11.3 Å². The second-order valence-electron chi connectivity index (χ2n) is 5.46. The third-order valence-electron chi connectivity index (χ3n) is 3.67. The van der Waals surface area contributed by atoms with Gasteiger partial charge in [-0.2, -0.15) is 5.10 Å². The van der Waals surface area contributed by atoms with E-state index >= 15 is 0 Å². The molecule has 0 aliphatic heterocycles. The van der Waals surface area contributed by atoms with E-state index in [4.69, 9.17) is 23.2 Å². The lowest BCUT2D eigenvalue weighted by atomic mass is 10.2. The fourth-order valence-electron chi connectivity index (χ4n) is 2.53. The summed E-state index contributed by atoms with van der Waals surface area (Å²) in [4.78, 5) is 12.0. The fourth-order valence-corrected chi connectivity index (χ4v) is 3.00. The van der Waals surface area contributed by atoms with Crippen molar-refractivity contribution < 1.29 is 27.4 Å². The third-order valence-corrected chi connectivity index (χ3v) is 4.26. The van der Waals surface area contributed by atoms with E-state index in [1.807, 2.05) is 0 Å². The van der Waals surface area contributed by atoms with Crippen LogP contribution in [0.1, 0.15) is 16.1 Å². The molecule has 1 heterocycles. The van der Waals surface area contributed by atoms with E-state index in [9.17, 15) is 18.0 Å². The Morgan fingerprint density at radius 1 is 1.19 bits per heavy atom. The highest BCUT2D eigenvalue weighted by Gasteiger charge is 2.31. The summed E-state index contributed by atoms with van der Waals surface area (Å²) in [6.07, 6.45) is -4.84. The van der Waals surface area contributed by atoms with E-state index in [1.54, 1.807) is 12.1 Å². The van der Waals surface area contributed by atoms with Crippen molar-refractivity contribution in [2.24, 2.45) is 0 Å². The van der Waals surface area contributed by atoms with Crippen LogP contribution in [0.5, 0.6) is 5.75 Å². The number of fused-ring (bicyclic) bond motifs is 1. The van der Waals surface area contributed by atoms with Gasteiger partial charge in [0.15, 0.2) is 5.69 Å². The lowest BCUT2D eigenvalue weighted by Gasteiger charge is -2.10. The summed E-state index contributed by atoms with van der Waals surface area (Å²) in [6.45, 7) is 0.0962. The molecule has 2 aromatic carbocycles. The summed E-state index contributed by atoms with van der Waals surface area (Å²) in [5.41, 5.74) is 0.836. The molecule has 0 fully saturated rings. The Hall–Kier alpha value is -2.45. The molecule has 0 N–H and O–H groups in total. The van der Waals surface area contributed by atoms with Gasteiger partial charge in [-0.15, -0.1) is 13.2 Å². The van der Waals surface area contributed by atoms with Crippen molar-refractivity contribution in [1.82, 2.24) is 9.78 Å². The molecule has 0 aliphatic carbocycles. The number of hydrogen-bond donors (Lipinski definition) is 0. The number of aromatic nitrogens is 2. The van der Waals surface area contributed by atoms with Crippen molar-refractivity contribution in [1.29, 1.82) is 0 Å². The second-order valence-corrected chi connectivity index (χ2v) is 6.30. The zero-order chi connectivity index (χ0) is 19.8. The van der Waals surface area contributed by atoms with Gasteiger partial charge in [0.1, 0.15) is 5.75 Å². The zero-order valence-corrected chi connectivity index (χ0v) is 15.2. The van der Waals surface area contributed by atoms with E-state index in [0.717, 1.165) is 12.1 Å². The van der Waals surface area contributed by atoms with Crippen LogP contribution in [0.4, 0.5) is 13.2 Å². The lowest BCUT2D eigenvalue weighted by Crippen LogP contribution is -2.17. The van der Waals surface area contributed by atoms with Crippen molar-refractivity contribution >= 4 is 40.1 Å². The molecule has 0 saturated heterocycles. The Bertz CT molecular complexity index is 1020. The van der Waals surface area contributed by atoms with Crippen LogP contribution in [0.25, 0.3) is 10.9 Å². The smallest absolute Gasteiger partial charge is 0.464 e. The molecule has 0 atom stereocenters. The minimum atomic E-state index is -4.84. The molecule has 0 spiro atoms. The van der Waals surface area contributed by atoms with Crippen molar-refractivity contribution in [2.75, 3.05) is 7.11 Å². The van der Waals surface area contributed by atoms with Gasteiger partial charge < -0.3 is 9.47 Å². The number of methoxy groups -OCH3 is 1. The molecule has 0 amide bonds. The maximum atomic E-state index is 12.5. The summed E-state index contributed by atoms with van der Waals surface area (Å²) in [6, 6.07) is 8.37. The van der Waals surface area contributed by atoms with Gasteiger partial charge in [-0.25, -0.2) is 4.79 Å². The van der Waals surface area contributed by atoms with Crippen LogP contribution < -0.4 is 4.74 Å². The minimum Gasteiger partial charge on any atom is -0.464 e. The Morgan fingerprint density at radius 2 is 1.93 bits per heavy atom. The Morgan fingerprint density at radius 3 is 2.56 bits per heavy atom. The summed E-state index contributed by atoms with van der Waals surface area (Å²) >= 11 is 12.0. The second kappa shape index (κ2) is 7.28. The first-order chi connectivity index (χ1) is 12.7. The molecule has 1 aromatic heterocycles. The van der Waals surface area contributed by atoms with Gasteiger partial charge in [0, 0.05) is 21.5 Å². The van der Waals surface area contributed by atoms with E-state index in [-0.39, 0.29) is 17.8 Å². The molecule has 142 valence electrons. The van der Waals surface area contributed by atoms with Crippen molar-refractivity contribution in [3.8, 4) is 5.75 Å². The van der Waals surface area contributed by atoms with E-state index in [1.165, 1.54) is 23.9 Å². The van der Waals surface area contributed by atoms with Gasteiger partial charge in [-0.05, 0) is 29.8 Å². The molecule has 0 unspecified atom stereocenters. The number of esters is 1. The lowest BCUT2D eigenvalue weighted by molar-refractivity contribution is -0.274. The Kier molecular flexibility index (Phi) is 5.21. The van der Waals surface area contributed by atoms with E-state index in [2.05, 4.69) is 14.6 Å². The molecule has 0 saturated carbocycles. The minimum absolute atomic E-state index is 0.0313. The molecule has 0 bridgehead atoms. The van der Waals surface area contributed by atoms with Gasteiger partial charge in [-0.3, -0.25) is 4.68 Å². The van der Waals surface area contributed by atoms with Gasteiger partial charge >= 0.3 is 12.3 Å². The SMILES string of the molecule is COC(=O)c1nn(Cc2ccc(Cl)cc2Cl)c2cc(OC(F)(F)F)ccc12. The summed E-state index contributed by atoms with van der Waals surface area (Å²) in [5, 5.41) is 5.28. The van der Waals surface area contributed by atoms with Gasteiger partial charge in [-0.1, -0.05) is 29.3 Å². The first kappa shape index (κ1) is 19.3. The predicted octanol–water partition coefficient (Wildman–Crippen LogP) is 5.08.